The van der Waals surface area contributed by atoms with Gasteiger partial charge in [-0.2, -0.15) is 0 Å². The fourth-order valence-electron chi connectivity index (χ4n) is 4.39. The van der Waals surface area contributed by atoms with E-state index in [1.54, 1.807) is 19.0 Å². The Hall–Kier alpha value is -1.88. The number of carboxylic acid groups (broad SMARTS) is 1. The monoisotopic (exact) mass is 330 g/mol. The molecule has 3 rings (SSSR count). The fraction of sp³-hybridized carbons (Fsp3) is 0.579. The number of carbonyl (C=O) groups is 2. The molecule has 1 heterocycles. The lowest BCUT2D eigenvalue weighted by Gasteiger charge is -2.38. The van der Waals surface area contributed by atoms with Gasteiger partial charge in [0.2, 0.25) is 5.91 Å². The van der Waals surface area contributed by atoms with Crippen LogP contribution in [-0.4, -0.2) is 60.5 Å². The minimum atomic E-state index is -0.696. The summed E-state index contributed by atoms with van der Waals surface area (Å²) in [7, 11) is 3.48. The van der Waals surface area contributed by atoms with Gasteiger partial charge in [0, 0.05) is 27.2 Å². The first-order valence-electron chi connectivity index (χ1n) is 8.63. The van der Waals surface area contributed by atoms with Crippen LogP contribution in [0, 0.1) is 11.3 Å². The molecule has 2 aliphatic rings. The molecule has 1 saturated carbocycles. The second-order valence-electron chi connectivity index (χ2n) is 7.50. The Morgan fingerprint density at radius 2 is 2.00 bits per heavy atom. The van der Waals surface area contributed by atoms with Crippen molar-refractivity contribution >= 4 is 11.9 Å². The number of fused-ring (bicyclic) bond motifs is 1. The molecule has 2 fully saturated rings. The number of hydrogen-bond donors (Lipinski definition) is 1. The minimum absolute atomic E-state index is 0.0359. The second-order valence-corrected chi connectivity index (χ2v) is 7.50. The van der Waals surface area contributed by atoms with Crippen LogP contribution in [0.3, 0.4) is 0 Å². The molecule has 24 heavy (non-hydrogen) atoms. The highest BCUT2D eigenvalue weighted by Crippen LogP contribution is 2.51. The van der Waals surface area contributed by atoms with Gasteiger partial charge in [-0.1, -0.05) is 30.3 Å². The summed E-state index contributed by atoms with van der Waals surface area (Å²) in [4.78, 5) is 27.7. The number of benzene rings is 1. The predicted molar refractivity (Wildman–Crippen MR) is 91.7 cm³/mol. The van der Waals surface area contributed by atoms with Crippen LogP contribution >= 0.6 is 0 Å². The lowest BCUT2D eigenvalue weighted by molar-refractivity contribution is -0.153. The number of aliphatic carboxylic acids is 1. The smallest absolute Gasteiger partial charge is 0.311 e. The van der Waals surface area contributed by atoms with E-state index >= 15 is 0 Å². The largest absolute Gasteiger partial charge is 0.481 e. The van der Waals surface area contributed by atoms with Gasteiger partial charge in [-0.3, -0.25) is 14.5 Å². The highest BCUT2D eigenvalue weighted by molar-refractivity contribution is 5.79. The van der Waals surface area contributed by atoms with Gasteiger partial charge in [-0.15, -0.1) is 0 Å². The van der Waals surface area contributed by atoms with Crippen molar-refractivity contribution < 1.29 is 14.7 Å². The van der Waals surface area contributed by atoms with Crippen LogP contribution in [0.5, 0.6) is 0 Å². The molecular formula is C19H26N2O3. The number of carbonyl (C=O) groups excluding carboxylic acids is 1. The zero-order valence-electron chi connectivity index (χ0n) is 14.4. The van der Waals surface area contributed by atoms with E-state index in [1.807, 2.05) is 23.1 Å². The first-order chi connectivity index (χ1) is 11.4. The third-order valence-electron chi connectivity index (χ3n) is 5.83. The van der Waals surface area contributed by atoms with Crippen molar-refractivity contribution in [1.29, 1.82) is 0 Å². The number of rotatable bonds is 4. The minimum Gasteiger partial charge on any atom is -0.481 e. The molecule has 1 aromatic rings. The molecule has 0 unspecified atom stereocenters. The normalized spacial score (nSPS) is 29.9. The molecule has 1 saturated heterocycles. The summed E-state index contributed by atoms with van der Waals surface area (Å²) < 4.78 is 0. The van der Waals surface area contributed by atoms with E-state index in [2.05, 4.69) is 12.1 Å². The molecule has 5 heteroatoms. The van der Waals surface area contributed by atoms with Crippen LogP contribution in [0.15, 0.2) is 30.3 Å². The summed E-state index contributed by atoms with van der Waals surface area (Å²) in [6.07, 6.45) is 2.49. The van der Waals surface area contributed by atoms with Crippen molar-refractivity contribution in [1.82, 2.24) is 9.80 Å². The molecule has 1 amide bonds. The number of amides is 1. The summed E-state index contributed by atoms with van der Waals surface area (Å²) in [5.74, 6) is -0.121. The summed E-state index contributed by atoms with van der Waals surface area (Å²) in [6, 6.07) is 10.4. The van der Waals surface area contributed by atoms with E-state index in [9.17, 15) is 14.7 Å². The Kier molecular flexibility index (Phi) is 4.63. The number of likely N-dealkylation sites (tertiary alicyclic amines) is 1. The summed E-state index contributed by atoms with van der Waals surface area (Å²) in [5, 5.41) is 9.90. The molecule has 1 aliphatic carbocycles. The fourth-order valence-corrected chi connectivity index (χ4v) is 4.39. The van der Waals surface area contributed by atoms with E-state index in [1.165, 1.54) is 5.56 Å². The van der Waals surface area contributed by atoms with E-state index in [-0.39, 0.29) is 11.8 Å². The average Bonchev–Trinajstić information content (AvgIpc) is 2.93. The summed E-state index contributed by atoms with van der Waals surface area (Å²) >= 11 is 0. The summed E-state index contributed by atoms with van der Waals surface area (Å²) in [5.41, 5.74) is 0.622. The number of carboxylic acids is 1. The van der Waals surface area contributed by atoms with Gasteiger partial charge in [0.1, 0.15) is 0 Å². The zero-order valence-corrected chi connectivity index (χ0v) is 14.4. The molecule has 0 bridgehead atoms. The van der Waals surface area contributed by atoms with Gasteiger partial charge in [0.15, 0.2) is 0 Å². The van der Waals surface area contributed by atoms with Crippen molar-refractivity contribution in [3.05, 3.63) is 35.9 Å². The first kappa shape index (κ1) is 17.0. The number of hydrogen-bond acceptors (Lipinski definition) is 3. The third-order valence-corrected chi connectivity index (χ3v) is 5.83. The molecule has 1 aromatic carbocycles. The highest BCUT2D eigenvalue weighted by Gasteiger charge is 2.54. The van der Waals surface area contributed by atoms with Crippen LogP contribution in [0.1, 0.15) is 30.7 Å². The Labute approximate surface area is 143 Å². The molecule has 1 aliphatic heterocycles. The maximum atomic E-state index is 12.0. The van der Waals surface area contributed by atoms with Crippen LogP contribution in [0.2, 0.25) is 0 Å². The molecule has 0 aromatic heterocycles. The van der Waals surface area contributed by atoms with E-state index in [0.29, 0.717) is 32.0 Å². The SMILES string of the molecule is CN(C)C(=O)CN1C[C@@H]2C[C@@H](c3ccccc3)CC[C@]2(C(=O)O)C1. The van der Waals surface area contributed by atoms with Crippen LogP contribution in [0.4, 0.5) is 0 Å². The second kappa shape index (κ2) is 6.55. The van der Waals surface area contributed by atoms with E-state index in [0.717, 1.165) is 12.8 Å². The quantitative estimate of drug-likeness (QED) is 0.918. The van der Waals surface area contributed by atoms with Gasteiger partial charge >= 0.3 is 5.97 Å². The zero-order chi connectivity index (χ0) is 17.3. The van der Waals surface area contributed by atoms with Gasteiger partial charge in [0.25, 0.3) is 0 Å². The number of nitrogens with zero attached hydrogens (tertiary/aromatic N) is 2. The van der Waals surface area contributed by atoms with Crippen LogP contribution < -0.4 is 0 Å². The average molecular weight is 330 g/mol. The van der Waals surface area contributed by atoms with Crippen molar-refractivity contribution in [2.45, 2.75) is 25.2 Å². The third kappa shape index (κ3) is 3.05. The standard InChI is InChI=1S/C19H26N2O3/c1-20(2)17(22)12-21-11-16-10-15(14-6-4-3-5-7-14)8-9-19(16,13-21)18(23)24/h3-7,15-16H,8-13H2,1-2H3,(H,23,24)/t15-,16-,19-/m0/s1. The highest BCUT2D eigenvalue weighted by atomic mass is 16.4. The van der Waals surface area contributed by atoms with Crippen LogP contribution in [0.25, 0.3) is 0 Å². The Morgan fingerprint density at radius 3 is 2.62 bits per heavy atom. The molecule has 3 atom stereocenters. The van der Waals surface area contributed by atoms with Crippen molar-refractivity contribution in [2.24, 2.45) is 11.3 Å². The molecule has 0 spiro atoms. The van der Waals surface area contributed by atoms with Crippen LogP contribution in [-0.2, 0) is 9.59 Å². The molecule has 130 valence electrons. The number of likely N-dealkylation sites (N-methyl/N-ethyl adjacent to an activating group) is 1. The van der Waals surface area contributed by atoms with Gasteiger partial charge in [-0.05, 0) is 36.7 Å². The molecular weight excluding hydrogens is 304 g/mol. The van der Waals surface area contributed by atoms with E-state index in [4.69, 9.17) is 0 Å². The van der Waals surface area contributed by atoms with Gasteiger partial charge in [-0.25, -0.2) is 0 Å². The van der Waals surface area contributed by atoms with E-state index < -0.39 is 11.4 Å². The lowest BCUT2D eigenvalue weighted by atomic mass is 9.64. The molecule has 1 N–H and O–H groups in total. The maximum Gasteiger partial charge on any atom is 0.311 e. The Balaban J connectivity index is 1.76. The summed E-state index contributed by atoms with van der Waals surface area (Å²) in [6.45, 7) is 1.51. The van der Waals surface area contributed by atoms with Crippen molar-refractivity contribution in [3.63, 3.8) is 0 Å². The van der Waals surface area contributed by atoms with Gasteiger partial charge in [0.05, 0.1) is 12.0 Å². The van der Waals surface area contributed by atoms with Gasteiger partial charge < -0.3 is 10.0 Å². The van der Waals surface area contributed by atoms with Crippen molar-refractivity contribution in [3.8, 4) is 0 Å². The Bertz CT molecular complexity index is 616. The topological polar surface area (TPSA) is 60.9 Å². The predicted octanol–water partition coefficient (Wildman–Crippen LogP) is 2.05. The maximum absolute atomic E-state index is 12.0. The first-order valence-corrected chi connectivity index (χ1v) is 8.63. The van der Waals surface area contributed by atoms with Crippen molar-refractivity contribution in [2.75, 3.05) is 33.7 Å². The lowest BCUT2D eigenvalue weighted by Crippen LogP contribution is -2.43. The molecule has 0 radical (unpaired) electrons. The Morgan fingerprint density at radius 1 is 1.29 bits per heavy atom. The molecule has 5 nitrogen and oxygen atoms in total.